The number of anilines is 2. The fourth-order valence-electron chi connectivity index (χ4n) is 8.72. The van der Waals surface area contributed by atoms with E-state index in [1.54, 1.807) is 0 Å². The predicted molar refractivity (Wildman–Crippen MR) is 261 cm³/mol. The molecule has 11 rings (SSSR count). The lowest BCUT2D eigenvalue weighted by molar-refractivity contribution is 1.07. The van der Waals surface area contributed by atoms with Gasteiger partial charge in [-0.05, 0) is 70.3 Å². The number of hydrogen-bond donors (Lipinski definition) is 0. The van der Waals surface area contributed by atoms with Crippen molar-refractivity contribution >= 4 is 33.2 Å². The van der Waals surface area contributed by atoms with Crippen molar-refractivity contribution in [2.45, 2.75) is 0 Å². The summed E-state index contributed by atoms with van der Waals surface area (Å²) in [5.74, 6) is 1.95. The Labute approximate surface area is 366 Å². The molecule has 2 aromatic heterocycles. The van der Waals surface area contributed by atoms with E-state index in [9.17, 15) is 0 Å². The van der Waals surface area contributed by atoms with Gasteiger partial charge in [0.15, 0.2) is 17.5 Å². The first-order valence-corrected chi connectivity index (χ1v) is 21.3. The van der Waals surface area contributed by atoms with Crippen molar-refractivity contribution in [2.75, 3.05) is 11.9 Å². The van der Waals surface area contributed by atoms with Crippen LogP contribution < -0.4 is 4.90 Å². The standard InChI is InChI=1S/C58H41N5/c1-62(47-38-36-43(37-39-47)50-24-15-27-54-55(50)51-23-12-14-26-53(51)63(54)48-20-9-4-10-21-48)52-25-13-11-22-49(52)42-32-28-40(29-33-42)41-30-34-46(35-31-41)58-60-56(44-16-5-2-6-17-44)59-57(61-58)45-18-7-3-8-19-45/h2-39H,1H3. The van der Waals surface area contributed by atoms with Gasteiger partial charge in [-0.1, -0.05) is 188 Å². The first kappa shape index (κ1) is 37.6. The summed E-state index contributed by atoms with van der Waals surface area (Å²) < 4.78 is 2.37. The summed E-state index contributed by atoms with van der Waals surface area (Å²) in [6.07, 6.45) is 0. The number of nitrogens with zero attached hydrogens (tertiary/aromatic N) is 5. The Kier molecular flexibility index (Phi) is 9.68. The van der Waals surface area contributed by atoms with Gasteiger partial charge in [-0.2, -0.15) is 0 Å². The fourth-order valence-corrected chi connectivity index (χ4v) is 8.72. The van der Waals surface area contributed by atoms with Crippen LogP contribution in [-0.4, -0.2) is 26.6 Å². The van der Waals surface area contributed by atoms with Crippen LogP contribution in [0.5, 0.6) is 0 Å². The number of hydrogen-bond acceptors (Lipinski definition) is 4. The Morgan fingerprint density at radius 3 is 1.38 bits per heavy atom. The first-order chi connectivity index (χ1) is 31.2. The predicted octanol–water partition coefficient (Wildman–Crippen LogP) is 14.7. The molecule has 0 fully saturated rings. The Morgan fingerprint density at radius 1 is 0.333 bits per heavy atom. The van der Waals surface area contributed by atoms with Gasteiger partial charge < -0.3 is 9.47 Å². The maximum atomic E-state index is 4.91. The maximum absolute atomic E-state index is 4.91. The van der Waals surface area contributed by atoms with E-state index >= 15 is 0 Å². The molecule has 11 aromatic rings. The molecule has 0 unspecified atom stereocenters. The van der Waals surface area contributed by atoms with E-state index in [0.717, 1.165) is 50.4 Å². The Bertz CT molecular complexity index is 3300. The third-order valence-corrected chi connectivity index (χ3v) is 11.9. The van der Waals surface area contributed by atoms with Crippen LogP contribution in [0.3, 0.4) is 0 Å². The topological polar surface area (TPSA) is 46.8 Å². The van der Waals surface area contributed by atoms with E-state index in [1.165, 1.54) is 38.5 Å². The molecule has 0 N–H and O–H groups in total. The highest BCUT2D eigenvalue weighted by atomic mass is 15.1. The first-order valence-electron chi connectivity index (χ1n) is 21.3. The van der Waals surface area contributed by atoms with Crippen LogP contribution in [0.25, 0.3) is 95.0 Å². The summed E-state index contributed by atoms with van der Waals surface area (Å²) in [5.41, 5.74) is 15.7. The van der Waals surface area contributed by atoms with Gasteiger partial charge in [0, 0.05) is 57.1 Å². The van der Waals surface area contributed by atoms with Gasteiger partial charge in [-0.25, -0.2) is 15.0 Å². The fraction of sp³-hybridized carbons (Fsp3) is 0.0172. The molecule has 298 valence electrons. The summed E-state index contributed by atoms with van der Waals surface area (Å²) in [7, 11) is 2.15. The molecule has 63 heavy (non-hydrogen) atoms. The summed E-state index contributed by atoms with van der Waals surface area (Å²) in [6, 6.07) is 81.1. The summed E-state index contributed by atoms with van der Waals surface area (Å²) >= 11 is 0. The highest BCUT2D eigenvalue weighted by Gasteiger charge is 2.18. The second-order valence-electron chi connectivity index (χ2n) is 15.7. The van der Waals surface area contributed by atoms with Gasteiger partial charge in [-0.15, -0.1) is 0 Å². The molecule has 2 heterocycles. The van der Waals surface area contributed by atoms with Crippen LogP contribution in [0.1, 0.15) is 0 Å². The molecular weight excluding hydrogens is 767 g/mol. The molecule has 0 spiro atoms. The molecule has 0 radical (unpaired) electrons. The van der Waals surface area contributed by atoms with Gasteiger partial charge in [0.25, 0.3) is 0 Å². The quantitative estimate of drug-likeness (QED) is 0.146. The molecule has 0 aliphatic rings. The molecule has 0 atom stereocenters. The third kappa shape index (κ3) is 7.11. The molecule has 0 aliphatic heterocycles. The lowest BCUT2D eigenvalue weighted by atomic mass is 9.97. The van der Waals surface area contributed by atoms with Crippen molar-refractivity contribution in [2.24, 2.45) is 0 Å². The largest absolute Gasteiger partial charge is 0.344 e. The molecule has 0 aliphatic carbocycles. The number of aromatic nitrogens is 4. The minimum Gasteiger partial charge on any atom is -0.344 e. The monoisotopic (exact) mass is 807 g/mol. The molecular formula is C58H41N5. The Hall–Kier alpha value is -8.41. The smallest absolute Gasteiger partial charge is 0.164 e. The Balaban J connectivity index is 0.860. The molecule has 5 heteroatoms. The van der Waals surface area contributed by atoms with Crippen LogP contribution >= 0.6 is 0 Å². The van der Waals surface area contributed by atoms with Crippen molar-refractivity contribution in [3.8, 4) is 73.2 Å². The lowest BCUT2D eigenvalue weighted by Crippen LogP contribution is -2.10. The van der Waals surface area contributed by atoms with Crippen LogP contribution in [0, 0.1) is 0 Å². The van der Waals surface area contributed by atoms with Gasteiger partial charge in [0.05, 0.1) is 11.0 Å². The number of para-hydroxylation sites is 3. The van der Waals surface area contributed by atoms with Gasteiger partial charge in [0.1, 0.15) is 0 Å². The second-order valence-corrected chi connectivity index (χ2v) is 15.7. The zero-order valence-corrected chi connectivity index (χ0v) is 34.7. The van der Waals surface area contributed by atoms with Crippen molar-refractivity contribution < 1.29 is 0 Å². The normalized spacial score (nSPS) is 11.3. The minimum absolute atomic E-state index is 0.643. The lowest BCUT2D eigenvalue weighted by Gasteiger charge is -2.23. The summed E-state index contributed by atoms with van der Waals surface area (Å²) in [5, 5.41) is 2.51. The van der Waals surface area contributed by atoms with E-state index in [-0.39, 0.29) is 0 Å². The van der Waals surface area contributed by atoms with Crippen LogP contribution in [-0.2, 0) is 0 Å². The van der Waals surface area contributed by atoms with E-state index in [4.69, 9.17) is 15.0 Å². The van der Waals surface area contributed by atoms with E-state index < -0.39 is 0 Å². The highest BCUT2D eigenvalue weighted by molar-refractivity contribution is 6.15. The molecule has 0 bridgehead atoms. The average molecular weight is 808 g/mol. The Morgan fingerprint density at radius 2 is 0.762 bits per heavy atom. The van der Waals surface area contributed by atoms with Crippen molar-refractivity contribution in [1.82, 2.24) is 19.5 Å². The number of rotatable bonds is 9. The van der Waals surface area contributed by atoms with Crippen LogP contribution in [0.2, 0.25) is 0 Å². The van der Waals surface area contributed by atoms with Crippen LogP contribution in [0.15, 0.2) is 231 Å². The molecule has 0 saturated carbocycles. The minimum atomic E-state index is 0.643. The molecule has 0 saturated heterocycles. The van der Waals surface area contributed by atoms with E-state index in [1.807, 2.05) is 60.7 Å². The maximum Gasteiger partial charge on any atom is 0.164 e. The zero-order valence-electron chi connectivity index (χ0n) is 34.7. The van der Waals surface area contributed by atoms with Gasteiger partial charge in [0.2, 0.25) is 0 Å². The molecule has 5 nitrogen and oxygen atoms in total. The van der Waals surface area contributed by atoms with Crippen LogP contribution in [0.4, 0.5) is 11.4 Å². The van der Waals surface area contributed by atoms with Crippen molar-refractivity contribution in [3.05, 3.63) is 231 Å². The molecule has 9 aromatic carbocycles. The molecule has 0 amide bonds. The third-order valence-electron chi connectivity index (χ3n) is 11.9. The summed E-state index contributed by atoms with van der Waals surface area (Å²) in [6.45, 7) is 0. The van der Waals surface area contributed by atoms with E-state index in [2.05, 4.69) is 186 Å². The van der Waals surface area contributed by atoms with E-state index in [0.29, 0.717) is 17.5 Å². The number of fused-ring (bicyclic) bond motifs is 3. The van der Waals surface area contributed by atoms with Crippen molar-refractivity contribution in [3.63, 3.8) is 0 Å². The average Bonchev–Trinajstić information content (AvgIpc) is 3.72. The number of benzene rings is 9. The van der Waals surface area contributed by atoms with Gasteiger partial charge in [-0.3, -0.25) is 0 Å². The highest BCUT2D eigenvalue weighted by Crippen LogP contribution is 2.40. The zero-order chi connectivity index (χ0) is 42.1. The van der Waals surface area contributed by atoms with Crippen molar-refractivity contribution in [1.29, 1.82) is 0 Å². The SMILES string of the molecule is CN(c1ccc(-c2cccc3c2c2ccccc2n3-c2ccccc2)cc1)c1ccccc1-c1ccc(-c2ccc(-c3nc(-c4ccccc4)nc(-c4ccccc4)n3)cc2)cc1. The van der Waals surface area contributed by atoms with Gasteiger partial charge >= 0.3 is 0 Å². The second kappa shape index (κ2) is 16.2. The summed E-state index contributed by atoms with van der Waals surface area (Å²) in [4.78, 5) is 17.0.